The Morgan fingerprint density at radius 1 is 1.10 bits per heavy atom. The Labute approximate surface area is 192 Å². The second kappa shape index (κ2) is 7.94. The number of hydrogen-bond donors (Lipinski definition) is 0. The van der Waals surface area contributed by atoms with Crippen molar-refractivity contribution < 1.29 is 0 Å². The average molecular weight is 537 g/mol. The molecule has 0 N–H and O–H groups in total. The van der Waals surface area contributed by atoms with E-state index < -0.39 is 0 Å². The van der Waals surface area contributed by atoms with Crippen LogP contribution in [0.4, 0.5) is 5.69 Å². The maximum atomic E-state index is 9.24. The molecule has 4 nitrogen and oxygen atoms in total. The highest BCUT2D eigenvalue weighted by Gasteiger charge is 2.25. The molecule has 0 saturated carbocycles. The smallest absolute Gasteiger partial charge is 0.147 e. The van der Waals surface area contributed by atoms with Crippen LogP contribution in [0, 0.1) is 38.0 Å². The molecule has 1 fully saturated rings. The van der Waals surface area contributed by atoms with Crippen LogP contribution >= 0.6 is 43.5 Å². The van der Waals surface area contributed by atoms with Crippen LogP contribution in [0.3, 0.4) is 0 Å². The van der Waals surface area contributed by atoms with Crippen molar-refractivity contribution in [3.05, 3.63) is 49.1 Å². The maximum absolute atomic E-state index is 9.24. The highest BCUT2D eigenvalue weighted by molar-refractivity contribution is 9.11. The number of nitriles is 1. The molecule has 1 aromatic carbocycles. The van der Waals surface area contributed by atoms with Gasteiger partial charge in [-0.25, -0.2) is 4.98 Å². The van der Waals surface area contributed by atoms with Crippen molar-refractivity contribution in [1.82, 2.24) is 9.55 Å². The van der Waals surface area contributed by atoms with Crippen LogP contribution in [0.25, 0.3) is 16.7 Å². The van der Waals surface area contributed by atoms with E-state index in [0.29, 0.717) is 5.02 Å². The molecule has 1 saturated heterocycles. The SMILES string of the molecule is Cc1cc(N2CCC(C#N)CC2)c2c(C)c(C)n(-c3c(Br)cc(Cl)cc3Br)c2n1. The van der Waals surface area contributed by atoms with Crippen LogP contribution in [0.1, 0.15) is 29.8 Å². The van der Waals surface area contributed by atoms with Gasteiger partial charge in [-0.3, -0.25) is 4.57 Å². The third-order valence-corrected chi connectivity index (χ3v) is 7.22. The minimum absolute atomic E-state index is 0.165. The van der Waals surface area contributed by atoms with Gasteiger partial charge in [-0.1, -0.05) is 11.6 Å². The Hall–Kier alpha value is -1.55. The standard InChI is InChI=1S/C22H21Br2ClN4/c1-12-8-19(28-6-4-15(11-26)5-7-28)20-13(2)14(3)29(22(20)27-12)21-17(23)9-16(25)10-18(21)24/h8-10,15H,4-7H2,1-3H3. The summed E-state index contributed by atoms with van der Waals surface area (Å²) in [5.41, 5.74) is 6.51. The fraction of sp³-hybridized carbons (Fsp3) is 0.364. The highest BCUT2D eigenvalue weighted by Crippen LogP contribution is 2.40. The Kier molecular flexibility index (Phi) is 5.67. The third kappa shape index (κ3) is 3.58. The molecule has 0 radical (unpaired) electrons. The van der Waals surface area contributed by atoms with E-state index in [1.165, 1.54) is 16.6 Å². The van der Waals surface area contributed by atoms with Crippen LogP contribution in [-0.4, -0.2) is 22.6 Å². The third-order valence-electron chi connectivity index (χ3n) is 5.80. The summed E-state index contributed by atoms with van der Waals surface area (Å²) in [6.45, 7) is 8.13. The zero-order valence-corrected chi connectivity index (χ0v) is 20.5. The lowest BCUT2D eigenvalue weighted by molar-refractivity contribution is 0.488. The summed E-state index contributed by atoms with van der Waals surface area (Å²) in [5.74, 6) is 0.165. The van der Waals surface area contributed by atoms with E-state index in [1.54, 1.807) is 0 Å². The van der Waals surface area contributed by atoms with Crippen LogP contribution < -0.4 is 4.90 Å². The number of nitrogens with zero attached hydrogens (tertiary/aromatic N) is 4. The highest BCUT2D eigenvalue weighted by atomic mass is 79.9. The van der Waals surface area contributed by atoms with Gasteiger partial charge < -0.3 is 4.90 Å². The Bertz CT molecular complexity index is 1130. The molecule has 0 atom stereocenters. The average Bonchev–Trinajstić information content (AvgIpc) is 2.92. The van der Waals surface area contributed by atoms with Gasteiger partial charge in [0, 0.05) is 55.4 Å². The van der Waals surface area contributed by atoms with Crippen molar-refractivity contribution in [3.8, 4) is 11.8 Å². The quantitative estimate of drug-likeness (QED) is 0.359. The molecular weight excluding hydrogens is 516 g/mol. The molecule has 3 heterocycles. The Balaban J connectivity index is 1.95. The van der Waals surface area contributed by atoms with Gasteiger partial charge in [0.1, 0.15) is 5.65 Å². The molecule has 29 heavy (non-hydrogen) atoms. The molecular formula is C22H21Br2ClN4. The van der Waals surface area contributed by atoms with E-state index in [-0.39, 0.29) is 5.92 Å². The molecule has 0 unspecified atom stereocenters. The van der Waals surface area contributed by atoms with Gasteiger partial charge in [-0.15, -0.1) is 0 Å². The molecule has 4 rings (SSSR count). The fourth-order valence-electron chi connectivity index (χ4n) is 4.19. The van der Waals surface area contributed by atoms with Gasteiger partial charge in [0.05, 0.1) is 11.8 Å². The largest absolute Gasteiger partial charge is 0.371 e. The van der Waals surface area contributed by atoms with Crippen molar-refractivity contribution in [1.29, 1.82) is 5.26 Å². The predicted molar refractivity (Wildman–Crippen MR) is 126 cm³/mol. The van der Waals surface area contributed by atoms with Crippen molar-refractivity contribution in [3.63, 3.8) is 0 Å². The maximum Gasteiger partial charge on any atom is 0.147 e. The molecule has 1 aliphatic rings. The first-order valence-electron chi connectivity index (χ1n) is 9.60. The predicted octanol–water partition coefficient (Wildman–Crippen LogP) is 6.87. The van der Waals surface area contributed by atoms with Crippen molar-refractivity contribution in [2.45, 2.75) is 33.6 Å². The summed E-state index contributed by atoms with van der Waals surface area (Å²) in [5, 5.41) is 11.1. The summed E-state index contributed by atoms with van der Waals surface area (Å²) < 4.78 is 4.03. The van der Waals surface area contributed by atoms with Gasteiger partial charge in [0.2, 0.25) is 0 Å². The van der Waals surface area contributed by atoms with Crippen molar-refractivity contribution in [2.24, 2.45) is 5.92 Å². The number of benzene rings is 1. The number of aromatic nitrogens is 2. The van der Waals surface area contributed by atoms with E-state index in [1.807, 2.05) is 19.1 Å². The van der Waals surface area contributed by atoms with Crippen LogP contribution in [0.5, 0.6) is 0 Å². The van der Waals surface area contributed by atoms with E-state index in [4.69, 9.17) is 16.6 Å². The van der Waals surface area contributed by atoms with Crippen molar-refractivity contribution in [2.75, 3.05) is 18.0 Å². The molecule has 0 amide bonds. The van der Waals surface area contributed by atoms with E-state index >= 15 is 0 Å². The first-order valence-corrected chi connectivity index (χ1v) is 11.6. The number of piperidine rings is 1. The second-order valence-electron chi connectivity index (χ2n) is 7.64. The molecule has 1 aliphatic heterocycles. The summed E-state index contributed by atoms with van der Waals surface area (Å²) in [4.78, 5) is 7.34. The minimum atomic E-state index is 0.165. The summed E-state index contributed by atoms with van der Waals surface area (Å²) >= 11 is 13.6. The molecule has 2 aromatic heterocycles. The van der Waals surface area contributed by atoms with Gasteiger partial charge >= 0.3 is 0 Å². The minimum Gasteiger partial charge on any atom is -0.371 e. The number of rotatable bonds is 2. The first-order chi connectivity index (χ1) is 13.8. The van der Waals surface area contributed by atoms with Gasteiger partial charge in [0.25, 0.3) is 0 Å². The second-order valence-corrected chi connectivity index (χ2v) is 9.78. The van der Waals surface area contributed by atoms with E-state index in [0.717, 1.165) is 57.6 Å². The number of pyridine rings is 1. The zero-order valence-electron chi connectivity index (χ0n) is 16.6. The molecule has 150 valence electrons. The van der Waals surface area contributed by atoms with Crippen LogP contribution in [-0.2, 0) is 0 Å². The number of hydrogen-bond acceptors (Lipinski definition) is 3. The lowest BCUT2D eigenvalue weighted by Gasteiger charge is -2.32. The number of halogens is 3. The monoisotopic (exact) mass is 534 g/mol. The lowest BCUT2D eigenvalue weighted by atomic mass is 9.97. The van der Waals surface area contributed by atoms with Crippen molar-refractivity contribution >= 4 is 60.2 Å². The fourth-order valence-corrected chi connectivity index (χ4v) is 6.21. The Morgan fingerprint density at radius 2 is 1.72 bits per heavy atom. The molecule has 7 heteroatoms. The lowest BCUT2D eigenvalue weighted by Crippen LogP contribution is -2.33. The van der Waals surface area contributed by atoms with Crippen LogP contribution in [0.15, 0.2) is 27.1 Å². The van der Waals surface area contributed by atoms with Crippen LogP contribution in [0.2, 0.25) is 5.02 Å². The van der Waals surface area contributed by atoms with Gasteiger partial charge in [-0.2, -0.15) is 5.26 Å². The van der Waals surface area contributed by atoms with E-state index in [9.17, 15) is 5.26 Å². The molecule has 0 spiro atoms. The summed E-state index contributed by atoms with van der Waals surface area (Å²) in [7, 11) is 0. The summed E-state index contributed by atoms with van der Waals surface area (Å²) in [6, 6.07) is 8.42. The molecule has 0 bridgehead atoms. The van der Waals surface area contributed by atoms with Gasteiger partial charge in [0.15, 0.2) is 0 Å². The summed E-state index contributed by atoms with van der Waals surface area (Å²) in [6.07, 6.45) is 1.82. The number of aryl methyl sites for hydroxylation is 2. The molecule has 3 aromatic rings. The first kappa shape index (κ1) is 20.7. The number of anilines is 1. The zero-order chi connectivity index (χ0) is 20.9. The topological polar surface area (TPSA) is 44.9 Å². The Morgan fingerprint density at radius 3 is 2.31 bits per heavy atom. The number of fused-ring (bicyclic) bond motifs is 1. The normalized spacial score (nSPS) is 15.1. The van der Waals surface area contributed by atoms with E-state index in [2.05, 4.69) is 67.3 Å². The van der Waals surface area contributed by atoms with Gasteiger partial charge in [-0.05, 0) is 89.2 Å². The molecule has 0 aliphatic carbocycles.